The fourth-order valence-electron chi connectivity index (χ4n) is 3.69. The van der Waals surface area contributed by atoms with Gasteiger partial charge in [0.2, 0.25) is 0 Å². The normalized spacial score (nSPS) is 11.0. The SMILES string of the molecule is CCOc1ccc(-c2c(C)sc3nc(C)nc(N(CC)c4ccccc4)c23)cc1. The summed E-state index contributed by atoms with van der Waals surface area (Å²) in [5.74, 6) is 2.65. The topological polar surface area (TPSA) is 38.3 Å². The van der Waals surface area contributed by atoms with Crippen LogP contribution in [0.2, 0.25) is 0 Å². The molecule has 0 amide bonds. The molecule has 4 aromatic rings. The van der Waals surface area contributed by atoms with Crippen LogP contribution in [0.3, 0.4) is 0 Å². The number of fused-ring (bicyclic) bond motifs is 1. The number of anilines is 2. The summed E-state index contributed by atoms with van der Waals surface area (Å²) in [5, 5.41) is 1.12. The molecule has 0 bridgehead atoms. The predicted molar refractivity (Wildman–Crippen MR) is 123 cm³/mol. The van der Waals surface area contributed by atoms with Crippen LogP contribution in [0, 0.1) is 13.8 Å². The van der Waals surface area contributed by atoms with Crippen LogP contribution in [0.15, 0.2) is 54.6 Å². The van der Waals surface area contributed by atoms with E-state index in [-0.39, 0.29) is 0 Å². The summed E-state index contributed by atoms with van der Waals surface area (Å²) in [6.07, 6.45) is 0. The maximum absolute atomic E-state index is 5.62. The number of para-hydroxylation sites is 1. The third kappa shape index (κ3) is 3.70. The predicted octanol–water partition coefficient (Wildman–Crippen LogP) is 6.53. The Morgan fingerprint density at radius 3 is 2.31 bits per heavy atom. The summed E-state index contributed by atoms with van der Waals surface area (Å²) < 4.78 is 5.62. The minimum atomic E-state index is 0.666. The number of hydrogen-bond acceptors (Lipinski definition) is 5. The molecule has 2 heterocycles. The molecule has 0 radical (unpaired) electrons. The van der Waals surface area contributed by atoms with Crippen LogP contribution in [0.25, 0.3) is 21.3 Å². The van der Waals surface area contributed by atoms with E-state index in [9.17, 15) is 0 Å². The number of aromatic nitrogens is 2. The highest BCUT2D eigenvalue weighted by atomic mass is 32.1. The Labute approximate surface area is 175 Å². The number of ether oxygens (including phenoxy) is 1. The zero-order chi connectivity index (χ0) is 20.4. The molecule has 4 nitrogen and oxygen atoms in total. The molecule has 0 N–H and O–H groups in total. The van der Waals surface area contributed by atoms with Gasteiger partial charge in [-0.1, -0.05) is 30.3 Å². The quantitative estimate of drug-likeness (QED) is 0.367. The van der Waals surface area contributed by atoms with E-state index in [1.54, 1.807) is 11.3 Å². The first-order valence-corrected chi connectivity index (χ1v) is 10.8. The largest absolute Gasteiger partial charge is 0.494 e. The first-order valence-electron chi connectivity index (χ1n) is 9.96. The molecule has 4 rings (SSSR count). The number of benzene rings is 2. The summed E-state index contributed by atoms with van der Waals surface area (Å²) in [6, 6.07) is 18.7. The molecule has 0 saturated carbocycles. The summed E-state index contributed by atoms with van der Waals surface area (Å²) in [7, 11) is 0. The molecule has 2 aromatic heterocycles. The van der Waals surface area contributed by atoms with E-state index >= 15 is 0 Å². The molecule has 0 aliphatic rings. The average molecular weight is 404 g/mol. The van der Waals surface area contributed by atoms with Crippen molar-refractivity contribution in [2.75, 3.05) is 18.1 Å². The van der Waals surface area contributed by atoms with E-state index in [4.69, 9.17) is 14.7 Å². The van der Waals surface area contributed by atoms with Crippen LogP contribution < -0.4 is 9.64 Å². The Hall–Kier alpha value is -2.92. The second kappa shape index (κ2) is 8.21. The van der Waals surface area contributed by atoms with Crippen LogP contribution in [0.4, 0.5) is 11.5 Å². The van der Waals surface area contributed by atoms with Gasteiger partial charge in [0.15, 0.2) is 0 Å². The molecule has 29 heavy (non-hydrogen) atoms. The van der Waals surface area contributed by atoms with Crippen molar-refractivity contribution < 1.29 is 4.74 Å². The van der Waals surface area contributed by atoms with E-state index in [1.807, 2.05) is 32.0 Å². The lowest BCUT2D eigenvalue weighted by atomic mass is 10.0. The maximum Gasteiger partial charge on any atom is 0.146 e. The van der Waals surface area contributed by atoms with Gasteiger partial charge in [-0.25, -0.2) is 9.97 Å². The molecule has 0 spiro atoms. The number of aryl methyl sites for hydroxylation is 2. The third-order valence-corrected chi connectivity index (χ3v) is 5.91. The van der Waals surface area contributed by atoms with E-state index in [2.05, 4.69) is 55.1 Å². The second-order valence-corrected chi connectivity index (χ2v) is 8.05. The van der Waals surface area contributed by atoms with Gasteiger partial charge in [-0.2, -0.15) is 0 Å². The highest BCUT2D eigenvalue weighted by Crippen LogP contribution is 2.43. The smallest absolute Gasteiger partial charge is 0.146 e. The van der Waals surface area contributed by atoms with Crippen molar-refractivity contribution in [3.8, 4) is 16.9 Å². The van der Waals surface area contributed by atoms with Gasteiger partial charge >= 0.3 is 0 Å². The van der Waals surface area contributed by atoms with Crippen LogP contribution in [0.1, 0.15) is 24.5 Å². The van der Waals surface area contributed by atoms with Crippen LogP contribution >= 0.6 is 11.3 Å². The molecule has 0 saturated heterocycles. The van der Waals surface area contributed by atoms with Crippen LogP contribution in [-0.4, -0.2) is 23.1 Å². The fourth-order valence-corrected chi connectivity index (χ4v) is 4.77. The monoisotopic (exact) mass is 403 g/mol. The molecule has 0 unspecified atom stereocenters. The number of thiophene rings is 1. The third-order valence-electron chi connectivity index (χ3n) is 4.91. The van der Waals surface area contributed by atoms with Gasteiger partial charge in [-0.15, -0.1) is 11.3 Å². The molecule has 0 fully saturated rings. The summed E-state index contributed by atoms with van der Waals surface area (Å²) in [6.45, 7) is 9.78. The molecule has 148 valence electrons. The van der Waals surface area contributed by atoms with Crippen molar-refractivity contribution in [1.29, 1.82) is 0 Å². The molecular formula is C24H25N3OS. The number of nitrogens with zero attached hydrogens (tertiary/aromatic N) is 3. The standard InChI is InChI=1S/C24H25N3OS/c1-5-27(19-10-8-7-9-11-19)23-22-21(16(3)29-24(22)26-17(4)25-23)18-12-14-20(15-13-18)28-6-2/h7-15H,5-6H2,1-4H3. The van der Waals surface area contributed by atoms with Gasteiger partial charge in [-0.3, -0.25) is 0 Å². The van der Waals surface area contributed by atoms with Crippen molar-refractivity contribution in [2.24, 2.45) is 0 Å². The highest BCUT2D eigenvalue weighted by molar-refractivity contribution is 7.19. The Morgan fingerprint density at radius 2 is 1.66 bits per heavy atom. The lowest BCUT2D eigenvalue weighted by Crippen LogP contribution is -2.18. The van der Waals surface area contributed by atoms with Crippen LogP contribution in [-0.2, 0) is 0 Å². The Bertz CT molecular complexity index is 1120. The summed E-state index contributed by atoms with van der Waals surface area (Å²) >= 11 is 1.73. The second-order valence-electron chi connectivity index (χ2n) is 6.85. The van der Waals surface area contributed by atoms with Crippen molar-refractivity contribution >= 4 is 33.1 Å². The lowest BCUT2D eigenvalue weighted by Gasteiger charge is -2.23. The minimum absolute atomic E-state index is 0.666. The summed E-state index contributed by atoms with van der Waals surface area (Å²) in [4.78, 5) is 14.2. The molecular weight excluding hydrogens is 378 g/mol. The Morgan fingerprint density at radius 1 is 0.931 bits per heavy atom. The van der Waals surface area contributed by atoms with Gasteiger partial charge in [0.05, 0.1) is 12.0 Å². The average Bonchev–Trinajstić information content (AvgIpc) is 3.06. The van der Waals surface area contributed by atoms with Crippen LogP contribution in [0.5, 0.6) is 5.75 Å². The zero-order valence-corrected chi connectivity index (χ0v) is 18.1. The first kappa shape index (κ1) is 19.4. The van der Waals surface area contributed by atoms with E-state index in [0.717, 1.165) is 45.4 Å². The highest BCUT2D eigenvalue weighted by Gasteiger charge is 2.21. The van der Waals surface area contributed by atoms with Crippen molar-refractivity contribution in [3.63, 3.8) is 0 Å². The van der Waals surface area contributed by atoms with Crippen molar-refractivity contribution in [3.05, 3.63) is 65.3 Å². The first-order chi connectivity index (χ1) is 14.1. The van der Waals surface area contributed by atoms with E-state index in [1.165, 1.54) is 10.4 Å². The molecule has 0 atom stereocenters. The molecule has 5 heteroatoms. The van der Waals surface area contributed by atoms with E-state index in [0.29, 0.717) is 6.61 Å². The lowest BCUT2D eigenvalue weighted by molar-refractivity contribution is 0.340. The number of rotatable bonds is 6. The van der Waals surface area contributed by atoms with Gasteiger partial charge in [0, 0.05) is 22.7 Å². The van der Waals surface area contributed by atoms with Gasteiger partial charge in [0.1, 0.15) is 22.2 Å². The fraction of sp³-hybridized carbons (Fsp3) is 0.250. The number of hydrogen-bond donors (Lipinski definition) is 0. The van der Waals surface area contributed by atoms with Crippen molar-refractivity contribution in [2.45, 2.75) is 27.7 Å². The summed E-state index contributed by atoms with van der Waals surface area (Å²) in [5.41, 5.74) is 3.50. The van der Waals surface area contributed by atoms with E-state index < -0.39 is 0 Å². The molecule has 0 aliphatic carbocycles. The van der Waals surface area contributed by atoms with Gasteiger partial charge < -0.3 is 9.64 Å². The maximum atomic E-state index is 5.62. The molecule has 0 aliphatic heterocycles. The molecule has 2 aromatic carbocycles. The van der Waals surface area contributed by atoms with Gasteiger partial charge in [0.25, 0.3) is 0 Å². The Balaban J connectivity index is 1.93. The zero-order valence-electron chi connectivity index (χ0n) is 17.3. The van der Waals surface area contributed by atoms with Crippen molar-refractivity contribution in [1.82, 2.24) is 9.97 Å². The Kier molecular flexibility index (Phi) is 5.49. The van der Waals surface area contributed by atoms with Gasteiger partial charge in [-0.05, 0) is 57.5 Å². The minimum Gasteiger partial charge on any atom is -0.494 e.